The van der Waals surface area contributed by atoms with Gasteiger partial charge < -0.3 is 15.0 Å². The highest BCUT2D eigenvalue weighted by Gasteiger charge is 2.58. The molecule has 0 bridgehead atoms. The van der Waals surface area contributed by atoms with E-state index in [1.54, 1.807) is 7.11 Å². The molecule has 7 heteroatoms. The lowest BCUT2D eigenvalue weighted by atomic mass is 9.59. The molecule has 1 spiro atoms. The third-order valence-electron chi connectivity index (χ3n) is 8.43. The average Bonchev–Trinajstić information content (AvgIpc) is 3.51. The monoisotopic (exact) mass is 493 g/mol. The number of carbonyl (C=O) groups is 1. The first-order valence-corrected chi connectivity index (χ1v) is 12.9. The second kappa shape index (κ2) is 8.58. The largest absolute Gasteiger partial charge is 0.496 e. The highest BCUT2D eigenvalue weighted by Crippen LogP contribution is 2.60. The Labute approximate surface area is 210 Å². The van der Waals surface area contributed by atoms with E-state index in [1.165, 1.54) is 0 Å². The number of hydrogen-bond donors (Lipinski definition) is 2. The number of H-pyrrole nitrogens is 1. The fourth-order valence-corrected chi connectivity index (χ4v) is 6.40. The van der Waals surface area contributed by atoms with Crippen molar-refractivity contribution in [3.05, 3.63) is 64.8 Å². The van der Waals surface area contributed by atoms with Gasteiger partial charge in [-0.3, -0.25) is 9.69 Å². The molecule has 36 heavy (non-hydrogen) atoms. The molecular weight excluding hydrogens is 460 g/mol. The molecule has 3 fully saturated rings. The number of piperidine rings is 1. The number of nitrogens with one attached hydrogen (secondary N) is 2. The van der Waals surface area contributed by atoms with Gasteiger partial charge in [-0.15, -0.1) is 0 Å². The van der Waals surface area contributed by atoms with Gasteiger partial charge in [-0.1, -0.05) is 12.1 Å². The van der Waals surface area contributed by atoms with Crippen molar-refractivity contribution in [2.45, 2.75) is 70.0 Å². The van der Waals surface area contributed by atoms with E-state index in [0.717, 1.165) is 59.2 Å². The summed E-state index contributed by atoms with van der Waals surface area (Å²) in [6, 6.07) is 12.2. The van der Waals surface area contributed by atoms with Crippen molar-refractivity contribution in [2.24, 2.45) is 5.41 Å². The minimum absolute atomic E-state index is 0.00426. The Bertz CT molecular complexity index is 1290. The van der Waals surface area contributed by atoms with Crippen molar-refractivity contribution in [3.63, 3.8) is 0 Å². The van der Waals surface area contributed by atoms with Gasteiger partial charge in [-0.2, -0.15) is 0 Å². The predicted molar refractivity (Wildman–Crippen MR) is 136 cm³/mol. The van der Waals surface area contributed by atoms with Gasteiger partial charge in [0.25, 0.3) is 5.91 Å². The van der Waals surface area contributed by atoms with Crippen LogP contribution in [-0.4, -0.2) is 41.4 Å². The Morgan fingerprint density at radius 1 is 1.19 bits per heavy atom. The van der Waals surface area contributed by atoms with Crippen LogP contribution in [0.15, 0.2) is 42.6 Å². The predicted octanol–water partition coefficient (Wildman–Crippen LogP) is 6.13. The lowest BCUT2D eigenvalue weighted by Crippen LogP contribution is -2.53. The summed E-state index contributed by atoms with van der Waals surface area (Å²) in [5.74, 6) is -1.74. The molecule has 190 valence electrons. The highest BCUT2D eigenvalue weighted by molar-refractivity contribution is 5.94. The van der Waals surface area contributed by atoms with Crippen LogP contribution in [0.4, 0.5) is 8.78 Å². The summed E-state index contributed by atoms with van der Waals surface area (Å²) in [4.78, 5) is 18.2. The number of benzene rings is 2. The van der Waals surface area contributed by atoms with Crippen molar-refractivity contribution in [1.82, 2.24) is 15.2 Å². The third-order valence-corrected chi connectivity index (χ3v) is 8.43. The molecule has 3 aliphatic rings. The van der Waals surface area contributed by atoms with Gasteiger partial charge >= 0.3 is 0 Å². The van der Waals surface area contributed by atoms with Crippen LogP contribution < -0.4 is 10.1 Å². The maximum Gasteiger partial charge on any atom is 0.251 e. The van der Waals surface area contributed by atoms with Gasteiger partial charge in [0.15, 0.2) is 0 Å². The number of hydrogen-bond acceptors (Lipinski definition) is 3. The first-order chi connectivity index (χ1) is 17.3. The van der Waals surface area contributed by atoms with Crippen molar-refractivity contribution in [1.29, 1.82) is 0 Å². The number of aryl methyl sites for hydroxylation is 1. The number of rotatable bonds is 6. The number of halogens is 2. The summed E-state index contributed by atoms with van der Waals surface area (Å²) in [6.07, 6.45) is 5.45. The normalized spacial score (nSPS) is 22.9. The van der Waals surface area contributed by atoms with E-state index in [4.69, 9.17) is 4.74 Å². The zero-order valence-electron chi connectivity index (χ0n) is 20.9. The molecule has 1 aromatic heterocycles. The fourth-order valence-electron chi connectivity index (χ4n) is 6.40. The Morgan fingerprint density at radius 2 is 1.94 bits per heavy atom. The van der Waals surface area contributed by atoms with Gasteiger partial charge in [0.05, 0.1) is 7.11 Å². The molecule has 1 saturated heterocycles. The van der Waals surface area contributed by atoms with E-state index in [9.17, 15) is 13.6 Å². The number of aromatic nitrogens is 1. The number of methoxy groups -OCH3 is 1. The topological polar surface area (TPSA) is 57.4 Å². The maximum absolute atomic E-state index is 14.0. The number of alkyl halides is 2. The van der Waals surface area contributed by atoms with Crippen molar-refractivity contribution >= 4 is 16.8 Å². The van der Waals surface area contributed by atoms with Crippen LogP contribution >= 0.6 is 0 Å². The Morgan fingerprint density at radius 3 is 2.61 bits per heavy atom. The molecule has 6 rings (SSSR count). The Kier molecular flexibility index (Phi) is 5.59. The summed E-state index contributed by atoms with van der Waals surface area (Å²) in [5, 5.41) is 4.17. The average molecular weight is 494 g/mol. The summed E-state index contributed by atoms with van der Waals surface area (Å²) in [7, 11) is 1.70. The molecule has 2 N–H and O–H groups in total. The van der Waals surface area contributed by atoms with Crippen molar-refractivity contribution in [3.8, 4) is 5.75 Å². The van der Waals surface area contributed by atoms with Crippen LogP contribution in [0.1, 0.15) is 71.6 Å². The fraction of sp³-hybridized carbons (Fsp3) is 0.483. The number of carbonyl (C=O) groups excluding carboxylic acids is 1. The standard InChI is InChI=1S/C29H33F2N3O2/c1-18-13-25(36-2)23(22-9-11-32-26(18)22)15-34-12-10-28(16-29(30,31)17-28)14-24(34)19-3-5-20(6-4-19)27(35)33-21-7-8-21/h3-6,9,11,13,21,24,32H,7-8,10,12,14-17H2,1-2H3,(H,33,35)/t24-/m1/s1. The van der Waals surface area contributed by atoms with Gasteiger partial charge in [0.1, 0.15) is 5.75 Å². The molecule has 0 radical (unpaired) electrons. The van der Waals surface area contributed by atoms with Crippen molar-refractivity contribution < 1.29 is 18.3 Å². The number of nitrogens with zero attached hydrogens (tertiary/aromatic N) is 1. The van der Waals surface area contributed by atoms with Gasteiger partial charge in [-0.25, -0.2) is 8.78 Å². The lowest BCUT2D eigenvalue weighted by molar-refractivity contribution is -0.186. The Hall–Kier alpha value is -2.93. The number of likely N-dealkylation sites (tertiary alicyclic amines) is 1. The number of aromatic amines is 1. The molecule has 2 heterocycles. The van der Waals surface area contributed by atoms with E-state index >= 15 is 0 Å². The SMILES string of the molecule is COc1cc(C)c2[nH]ccc2c1CN1CCC2(C[C@@H]1c1ccc(C(=O)NC3CC3)cc1)CC(F)(F)C2. The number of amides is 1. The molecule has 2 aliphatic carbocycles. The van der Waals surface area contributed by atoms with Crippen LogP contribution in [0.3, 0.4) is 0 Å². The third kappa shape index (κ3) is 4.27. The minimum atomic E-state index is -2.55. The molecule has 1 atom stereocenters. The zero-order chi connectivity index (χ0) is 25.1. The van der Waals surface area contributed by atoms with E-state index in [1.807, 2.05) is 30.5 Å². The number of ether oxygens (including phenoxy) is 1. The second-order valence-electron chi connectivity index (χ2n) is 11.2. The van der Waals surface area contributed by atoms with Gasteiger partial charge in [-0.05, 0) is 80.0 Å². The molecule has 3 aromatic rings. The molecule has 2 saturated carbocycles. The Balaban J connectivity index is 1.31. The lowest BCUT2D eigenvalue weighted by Gasteiger charge is -2.54. The highest BCUT2D eigenvalue weighted by atomic mass is 19.3. The van der Waals surface area contributed by atoms with Crippen LogP contribution in [0.5, 0.6) is 5.75 Å². The second-order valence-corrected chi connectivity index (χ2v) is 11.2. The smallest absolute Gasteiger partial charge is 0.251 e. The summed E-state index contributed by atoms with van der Waals surface area (Å²) in [6.45, 7) is 3.47. The quantitative estimate of drug-likeness (QED) is 0.434. The van der Waals surface area contributed by atoms with Crippen LogP contribution in [0.25, 0.3) is 10.9 Å². The molecular formula is C29H33F2N3O2. The zero-order valence-corrected chi connectivity index (χ0v) is 20.9. The molecule has 1 amide bonds. The van der Waals surface area contributed by atoms with Crippen LogP contribution in [0.2, 0.25) is 0 Å². The molecule has 1 aliphatic heterocycles. The summed E-state index contributed by atoms with van der Waals surface area (Å²) < 4.78 is 33.8. The molecule has 5 nitrogen and oxygen atoms in total. The summed E-state index contributed by atoms with van der Waals surface area (Å²) >= 11 is 0. The first-order valence-electron chi connectivity index (χ1n) is 12.9. The van der Waals surface area contributed by atoms with Gasteiger partial charge in [0, 0.05) is 59.7 Å². The van der Waals surface area contributed by atoms with E-state index in [2.05, 4.69) is 34.3 Å². The number of fused-ring (bicyclic) bond motifs is 1. The van der Waals surface area contributed by atoms with Crippen LogP contribution in [0, 0.1) is 12.3 Å². The molecule has 2 aromatic carbocycles. The maximum atomic E-state index is 14.0. The first kappa shape index (κ1) is 23.5. The van der Waals surface area contributed by atoms with Gasteiger partial charge in [0.2, 0.25) is 5.92 Å². The van der Waals surface area contributed by atoms with E-state index in [0.29, 0.717) is 24.6 Å². The van der Waals surface area contributed by atoms with Crippen molar-refractivity contribution in [2.75, 3.05) is 13.7 Å². The molecule has 0 unspecified atom stereocenters. The van der Waals surface area contributed by atoms with Crippen LogP contribution in [-0.2, 0) is 6.54 Å². The minimum Gasteiger partial charge on any atom is -0.496 e. The van der Waals surface area contributed by atoms with E-state index in [-0.39, 0.29) is 30.2 Å². The van der Waals surface area contributed by atoms with E-state index < -0.39 is 5.92 Å². The summed E-state index contributed by atoms with van der Waals surface area (Å²) in [5.41, 5.74) is 4.74.